The molecular formula is C14H21O6PS. The smallest absolute Gasteiger partial charge is 0.323 e. The standard InChI is InChI=1S/C14H21O6PS/c1-12(11-13-8-3-2-4-9-13)7-5-6-10-14(21(15,16)17)22(18,19)20/h2-4,7-9,14H,5-6,10-11H2,1H3,(H2,15,16,17)(H,18,19,20). The van der Waals surface area contributed by atoms with E-state index in [0.29, 0.717) is 6.42 Å². The Kier molecular flexibility index (Phi) is 6.97. The SMILES string of the molecule is CC(=CCCCC(P(=O)(O)O)S(=O)(=O)O)Cc1ccccc1. The Morgan fingerprint density at radius 1 is 1.27 bits per heavy atom. The molecule has 6 nitrogen and oxygen atoms in total. The topological polar surface area (TPSA) is 112 Å². The maximum Gasteiger partial charge on any atom is 0.346 e. The zero-order valence-electron chi connectivity index (χ0n) is 12.3. The molecule has 1 atom stereocenters. The van der Waals surface area contributed by atoms with Crippen LogP contribution in [0.1, 0.15) is 31.7 Å². The summed E-state index contributed by atoms with van der Waals surface area (Å²) in [6, 6.07) is 9.82. The molecule has 0 aliphatic carbocycles. The van der Waals surface area contributed by atoms with Crippen molar-refractivity contribution in [3.63, 3.8) is 0 Å². The van der Waals surface area contributed by atoms with Gasteiger partial charge in [-0.25, -0.2) is 0 Å². The molecule has 22 heavy (non-hydrogen) atoms. The molecule has 8 heteroatoms. The molecule has 0 spiro atoms. The average molecular weight is 348 g/mol. The van der Waals surface area contributed by atoms with Crippen LogP contribution in [0.5, 0.6) is 0 Å². The summed E-state index contributed by atoms with van der Waals surface area (Å²) in [5, 5.41) is 0. The third-order valence-corrected chi connectivity index (χ3v) is 6.75. The van der Waals surface area contributed by atoms with Crippen LogP contribution in [-0.4, -0.2) is 27.7 Å². The lowest BCUT2D eigenvalue weighted by Gasteiger charge is -2.14. The molecule has 0 aliphatic heterocycles. The molecule has 0 radical (unpaired) electrons. The summed E-state index contributed by atoms with van der Waals surface area (Å²) in [6.07, 6.45) is 3.15. The molecule has 1 aromatic rings. The zero-order chi connectivity index (χ0) is 16.8. The molecule has 1 unspecified atom stereocenters. The van der Waals surface area contributed by atoms with Gasteiger partial charge in [0.1, 0.15) is 0 Å². The first-order chi connectivity index (χ1) is 10.1. The predicted molar refractivity (Wildman–Crippen MR) is 85.1 cm³/mol. The molecule has 0 amide bonds. The van der Waals surface area contributed by atoms with E-state index in [9.17, 15) is 13.0 Å². The number of benzene rings is 1. The summed E-state index contributed by atoms with van der Waals surface area (Å²) >= 11 is 0. The van der Waals surface area contributed by atoms with E-state index in [1.165, 1.54) is 0 Å². The molecule has 0 saturated carbocycles. The van der Waals surface area contributed by atoms with Crippen molar-refractivity contribution in [1.29, 1.82) is 0 Å². The van der Waals surface area contributed by atoms with Crippen LogP contribution in [-0.2, 0) is 21.1 Å². The fourth-order valence-corrected chi connectivity index (χ4v) is 4.49. The van der Waals surface area contributed by atoms with Gasteiger partial charge < -0.3 is 9.79 Å². The minimum atomic E-state index is -4.87. The van der Waals surface area contributed by atoms with Gasteiger partial charge in [0.05, 0.1) is 0 Å². The van der Waals surface area contributed by atoms with Crippen LogP contribution in [0.2, 0.25) is 0 Å². The number of unbranched alkanes of at least 4 members (excludes halogenated alkanes) is 1. The molecule has 0 aliphatic rings. The number of hydrogen-bond donors (Lipinski definition) is 3. The van der Waals surface area contributed by atoms with Gasteiger partial charge in [0.25, 0.3) is 10.1 Å². The summed E-state index contributed by atoms with van der Waals surface area (Å²) in [7, 11) is -9.63. The van der Waals surface area contributed by atoms with Crippen molar-refractivity contribution in [2.24, 2.45) is 0 Å². The number of rotatable bonds is 8. The fourth-order valence-electron chi connectivity index (χ4n) is 2.12. The van der Waals surface area contributed by atoms with Crippen molar-refractivity contribution in [3.8, 4) is 0 Å². The van der Waals surface area contributed by atoms with E-state index >= 15 is 0 Å². The highest BCUT2D eigenvalue weighted by Crippen LogP contribution is 2.46. The van der Waals surface area contributed by atoms with Gasteiger partial charge in [-0.3, -0.25) is 9.12 Å². The Labute approximate surface area is 130 Å². The molecule has 0 heterocycles. The minimum absolute atomic E-state index is 0.266. The van der Waals surface area contributed by atoms with Gasteiger partial charge in [0.15, 0.2) is 4.99 Å². The highest BCUT2D eigenvalue weighted by atomic mass is 32.2. The van der Waals surface area contributed by atoms with Gasteiger partial charge in [0, 0.05) is 0 Å². The third kappa shape index (κ3) is 6.85. The number of allylic oxidation sites excluding steroid dienone is 2. The molecular weight excluding hydrogens is 327 g/mol. The maximum absolute atomic E-state index is 11.1. The zero-order valence-corrected chi connectivity index (χ0v) is 14.0. The normalized spacial score (nSPS) is 14.8. The van der Waals surface area contributed by atoms with E-state index < -0.39 is 22.7 Å². The largest absolute Gasteiger partial charge is 0.346 e. The lowest BCUT2D eigenvalue weighted by atomic mass is 10.0. The molecule has 0 bridgehead atoms. The maximum atomic E-state index is 11.1. The van der Waals surface area contributed by atoms with E-state index in [2.05, 4.69) is 0 Å². The van der Waals surface area contributed by atoms with E-state index in [-0.39, 0.29) is 12.8 Å². The first kappa shape index (κ1) is 19.1. The number of hydrogen-bond acceptors (Lipinski definition) is 3. The van der Waals surface area contributed by atoms with Crippen LogP contribution in [0.25, 0.3) is 0 Å². The van der Waals surface area contributed by atoms with Gasteiger partial charge >= 0.3 is 7.60 Å². The lowest BCUT2D eigenvalue weighted by Crippen LogP contribution is -2.20. The Balaban J connectivity index is 2.52. The molecule has 0 aromatic heterocycles. The highest BCUT2D eigenvalue weighted by molar-refractivity contribution is 7.93. The quantitative estimate of drug-likeness (QED) is 0.288. The van der Waals surface area contributed by atoms with Gasteiger partial charge in [-0.05, 0) is 38.2 Å². The van der Waals surface area contributed by atoms with Gasteiger partial charge in [-0.1, -0.05) is 42.0 Å². The van der Waals surface area contributed by atoms with Crippen molar-refractivity contribution in [3.05, 3.63) is 47.5 Å². The van der Waals surface area contributed by atoms with Crippen LogP contribution in [0.15, 0.2) is 42.0 Å². The third-order valence-electron chi connectivity index (χ3n) is 3.19. The molecule has 1 aromatic carbocycles. The fraction of sp³-hybridized carbons (Fsp3) is 0.429. The second-order valence-corrected chi connectivity index (χ2v) is 8.95. The van der Waals surface area contributed by atoms with Crippen molar-refractivity contribution in [2.45, 2.75) is 37.6 Å². The summed E-state index contributed by atoms with van der Waals surface area (Å²) in [6.45, 7) is 1.94. The van der Waals surface area contributed by atoms with Crippen molar-refractivity contribution < 1.29 is 27.3 Å². The Morgan fingerprint density at radius 2 is 1.86 bits per heavy atom. The second-order valence-electron chi connectivity index (χ2n) is 5.20. The highest BCUT2D eigenvalue weighted by Gasteiger charge is 2.38. The van der Waals surface area contributed by atoms with Crippen LogP contribution in [0.4, 0.5) is 0 Å². The Bertz CT molecular complexity index is 647. The summed E-state index contributed by atoms with van der Waals surface area (Å²) in [4.78, 5) is 15.9. The molecule has 0 fully saturated rings. The summed E-state index contributed by atoms with van der Waals surface area (Å²) in [5.41, 5.74) is 2.24. The van der Waals surface area contributed by atoms with E-state index in [1.54, 1.807) is 0 Å². The summed E-state index contributed by atoms with van der Waals surface area (Å²) in [5.74, 6) is 0. The van der Waals surface area contributed by atoms with E-state index in [0.717, 1.165) is 17.6 Å². The first-order valence-corrected chi connectivity index (χ1v) is 10.0. The van der Waals surface area contributed by atoms with Gasteiger partial charge in [-0.15, -0.1) is 0 Å². The van der Waals surface area contributed by atoms with Crippen LogP contribution < -0.4 is 0 Å². The predicted octanol–water partition coefficient (Wildman–Crippen LogP) is 2.74. The van der Waals surface area contributed by atoms with Gasteiger partial charge in [0.2, 0.25) is 0 Å². The molecule has 1 rings (SSSR count). The first-order valence-electron chi connectivity index (χ1n) is 6.82. The monoisotopic (exact) mass is 348 g/mol. The van der Waals surface area contributed by atoms with Crippen LogP contribution >= 0.6 is 7.60 Å². The molecule has 124 valence electrons. The van der Waals surface area contributed by atoms with Crippen LogP contribution in [0, 0.1) is 0 Å². The van der Waals surface area contributed by atoms with Gasteiger partial charge in [-0.2, -0.15) is 8.42 Å². The molecule has 0 saturated heterocycles. The lowest BCUT2D eigenvalue weighted by molar-refractivity contribution is 0.360. The Morgan fingerprint density at radius 3 is 2.36 bits per heavy atom. The Hall–Kier alpha value is -0.980. The average Bonchev–Trinajstić information content (AvgIpc) is 2.36. The minimum Gasteiger partial charge on any atom is -0.323 e. The van der Waals surface area contributed by atoms with E-state index in [1.807, 2.05) is 43.3 Å². The van der Waals surface area contributed by atoms with Crippen molar-refractivity contribution in [1.82, 2.24) is 0 Å². The summed E-state index contributed by atoms with van der Waals surface area (Å²) < 4.78 is 42.0. The van der Waals surface area contributed by atoms with Crippen molar-refractivity contribution in [2.75, 3.05) is 0 Å². The van der Waals surface area contributed by atoms with E-state index in [4.69, 9.17) is 14.3 Å². The molecule has 3 N–H and O–H groups in total. The van der Waals surface area contributed by atoms with Crippen LogP contribution in [0.3, 0.4) is 0 Å². The second kappa shape index (κ2) is 8.04. The van der Waals surface area contributed by atoms with Crippen molar-refractivity contribution >= 4 is 17.7 Å².